The molecule has 3 heteroatoms. The zero-order chi connectivity index (χ0) is 13.2. The third kappa shape index (κ3) is 3.03. The van der Waals surface area contributed by atoms with Crippen molar-refractivity contribution in [3.63, 3.8) is 0 Å². The second-order valence-electron chi connectivity index (χ2n) is 5.84. The third-order valence-electron chi connectivity index (χ3n) is 3.44. The van der Waals surface area contributed by atoms with Gasteiger partial charge in [-0.3, -0.25) is 4.99 Å². The fourth-order valence-electron chi connectivity index (χ4n) is 2.07. The number of aliphatic imine (C=N–C) groups is 1. The Labute approximate surface area is 110 Å². The molecule has 1 aromatic carbocycles. The second-order valence-corrected chi connectivity index (χ2v) is 5.84. The summed E-state index contributed by atoms with van der Waals surface area (Å²) >= 11 is 0. The molecule has 1 atom stereocenters. The maximum Gasteiger partial charge on any atom is 0.191 e. The van der Waals surface area contributed by atoms with E-state index >= 15 is 0 Å². The van der Waals surface area contributed by atoms with E-state index in [9.17, 15) is 0 Å². The van der Waals surface area contributed by atoms with Gasteiger partial charge in [0.05, 0.1) is 6.54 Å². The first-order valence-corrected chi connectivity index (χ1v) is 6.59. The van der Waals surface area contributed by atoms with Crippen LogP contribution in [0.1, 0.15) is 31.9 Å². The minimum atomic E-state index is 0.101. The number of hydrogen-bond acceptors (Lipinski definition) is 3. The average molecular weight is 245 g/mol. The predicted octanol–water partition coefficient (Wildman–Crippen LogP) is 2.21. The van der Waals surface area contributed by atoms with Gasteiger partial charge in [0.1, 0.15) is 0 Å². The molecule has 1 aliphatic rings. The van der Waals surface area contributed by atoms with Crippen molar-refractivity contribution in [2.45, 2.75) is 39.2 Å². The molecule has 0 fully saturated rings. The SMILES string of the molecule is Cc1ccc(C(C)(C)CNC2=NCC(C)N2)cc1. The van der Waals surface area contributed by atoms with E-state index in [0.717, 1.165) is 19.0 Å². The van der Waals surface area contributed by atoms with E-state index in [2.05, 4.69) is 67.6 Å². The lowest BCUT2D eigenvalue weighted by atomic mass is 9.84. The van der Waals surface area contributed by atoms with Gasteiger partial charge in [0, 0.05) is 18.0 Å². The quantitative estimate of drug-likeness (QED) is 0.856. The summed E-state index contributed by atoms with van der Waals surface area (Å²) in [5.41, 5.74) is 2.76. The number of nitrogens with one attached hydrogen (secondary N) is 2. The van der Waals surface area contributed by atoms with Crippen LogP contribution in [0.3, 0.4) is 0 Å². The molecular formula is C15H23N3. The molecule has 0 aromatic heterocycles. The highest BCUT2D eigenvalue weighted by Gasteiger charge is 2.22. The molecule has 1 aliphatic heterocycles. The predicted molar refractivity (Wildman–Crippen MR) is 77.1 cm³/mol. The van der Waals surface area contributed by atoms with Crippen molar-refractivity contribution in [1.82, 2.24) is 10.6 Å². The van der Waals surface area contributed by atoms with Gasteiger partial charge in [-0.1, -0.05) is 43.7 Å². The first-order chi connectivity index (χ1) is 8.47. The Hall–Kier alpha value is -1.51. The van der Waals surface area contributed by atoms with Crippen LogP contribution in [-0.2, 0) is 5.41 Å². The Morgan fingerprint density at radius 2 is 2.00 bits per heavy atom. The summed E-state index contributed by atoms with van der Waals surface area (Å²) in [5, 5.41) is 6.73. The van der Waals surface area contributed by atoms with Crippen LogP contribution < -0.4 is 10.6 Å². The maximum absolute atomic E-state index is 4.42. The normalized spacial score (nSPS) is 19.3. The summed E-state index contributed by atoms with van der Waals surface area (Å²) in [4.78, 5) is 4.42. The number of rotatable bonds is 3. The van der Waals surface area contributed by atoms with Crippen LogP contribution in [-0.4, -0.2) is 25.1 Å². The minimum absolute atomic E-state index is 0.101. The van der Waals surface area contributed by atoms with Gasteiger partial charge >= 0.3 is 0 Å². The molecule has 3 nitrogen and oxygen atoms in total. The molecule has 1 aromatic rings. The van der Waals surface area contributed by atoms with Crippen LogP contribution in [0.4, 0.5) is 0 Å². The number of hydrogen-bond donors (Lipinski definition) is 2. The molecule has 98 valence electrons. The summed E-state index contributed by atoms with van der Waals surface area (Å²) in [6.45, 7) is 10.5. The molecule has 0 aliphatic carbocycles. The van der Waals surface area contributed by atoms with Crippen LogP contribution >= 0.6 is 0 Å². The molecule has 0 spiro atoms. The highest BCUT2D eigenvalue weighted by atomic mass is 15.2. The minimum Gasteiger partial charge on any atom is -0.356 e. The van der Waals surface area contributed by atoms with Crippen LogP contribution in [0.2, 0.25) is 0 Å². The van der Waals surface area contributed by atoms with Crippen molar-refractivity contribution < 1.29 is 0 Å². The van der Waals surface area contributed by atoms with Gasteiger partial charge in [-0.15, -0.1) is 0 Å². The number of aryl methyl sites for hydroxylation is 1. The fourth-order valence-corrected chi connectivity index (χ4v) is 2.07. The average Bonchev–Trinajstić information content (AvgIpc) is 2.73. The van der Waals surface area contributed by atoms with Crippen molar-refractivity contribution in [2.75, 3.05) is 13.1 Å². The standard InChI is InChI=1S/C15H23N3/c1-11-5-7-13(8-6-11)15(3,4)10-17-14-16-9-12(2)18-14/h5-8,12H,9-10H2,1-4H3,(H2,16,17,18). The van der Waals surface area contributed by atoms with Crippen molar-refractivity contribution in [3.05, 3.63) is 35.4 Å². The van der Waals surface area contributed by atoms with E-state index in [1.807, 2.05) is 0 Å². The van der Waals surface area contributed by atoms with E-state index in [1.165, 1.54) is 11.1 Å². The summed E-state index contributed by atoms with van der Waals surface area (Å²) in [7, 11) is 0. The third-order valence-corrected chi connectivity index (χ3v) is 3.44. The first kappa shape index (κ1) is 12.9. The van der Waals surface area contributed by atoms with Crippen LogP contribution in [0.15, 0.2) is 29.3 Å². The Bertz CT molecular complexity index is 432. The van der Waals surface area contributed by atoms with Crippen LogP contribution in [0.5, 0.6) is 0 Å². The van der Waals surface area contributed by atoms with Gasteiger partial charge in [0.15, 0.2) is 5.96 Å². The largest absolute Gasteiger partial charge is 0.356 e. The highest BCUT2D eigenvalue weighted by Crippen LogP contribution is 2.22. The molecule has 0 bridgehead atoms. The molecule has 1 heterocycles. The number of benzene rings is 1. The molecule has 0 saturated carbocycles. The maximum atomic E-state index is 4.42. The van der Waals surface area contributed by atoms with Crippen molar-refractivity contribution in [1.29, 1.82) is 0 Å². The Morgan fingerprint density at radius 1 is 1.33 bits per heavy atom. The van der Waals surface area contributed by atoms with Crippen molar-refractivity contribution in [2.24, 2.45) is 4.99 Å². The lowest BCUT2D eigenvalue weighted by molar-refractivity contribution is 0.509. The van der Waals surface area contributed by atoms with Gasteiger partial charge in [-0.25, -0.2) is 0 Å². The summed E-state index contributed by atoms with van der Waals surface area (Å²) in [5.74, 6) is 0.933. The molecular weight excluding hydrogens is 222 g/mol. The lowest BCUT2D eigenvalue weighted by Gasteiger charge is -2.26. The van der Waals surface area contributed by atoms with Gasteiger partial charge in [-0.2, -0.15) is 0 Å². The highest BCUT2D eigenvalue weighted by molar-refractivity contribution is 5.81. The van der Waals surface area contributed by atoms with Crippen LogP contribution in [0.25, 0.3) is 0 Å². The summed E-state index contributed by atoms with van der Waals surface area (Å²) < 4.78 is 0. The molecule has 1 unspecified atom stereocenters. The first-order valence-electron chi connectivity index (χ1n) is 6.59. The lowest BCUT2D eigenvalue weighted by Crippen LogP contribution is -2.43. The second kappa shape index (κ2) is 5.01. The van der Waals surface area contributed by atoms with Crippen molar-refractivity contribution in [3.8, 4) is 0 Å². The van der Waals surface area contributed by atoms with Crippen molar-refractivity contribution >= 4 is 5.96 Å². The Morgan fingerprint density at radius 3 is 2.56 bits per heavy atom. The summed E-state index contributed by atoms with van der Waals surface area (Å²) in [6.07, 6.45) is 0. The van der Waals surface area contributed by atoms with Gasteiger partial charge < -0.3 is 10.6 Å². The molecule has 0 saturated heterocycles. The Kier molecular flexibility index (Phi) is 3.60. The van der Waals surface area contributed by atoms with E-state index < -0.39 is 0 Å². The molecule has 2 N–H and O–H groups in total. The number of guanidine groups is 1. The van der Waals surface area contributed by atoms with Gasteiger partial charge in [-0.05, 0) is 19.4 Å². The van der Waals surface area contributed by atoms with Crippen LogP contribution in [0, 0.1) is 6.92 Å². The zero-order valence-corrected chi connectivity index (χ0v) is 11.7. The fraction of sp³-hybridized carbons (Fsp3) is 0.533. The monoisotopic (exact) mass is 245 g/mol. The topological polar surface area (TPSA) is 36.4 Å². The molecule has 0 radical (unpaired) electrons. The van der Waals surface area contributed by atoms with E-state index in [-0.39, 0.29) is 5.41 Å². The Balaban J connectivity index is 1.97. The van der Waals surface area contributed by atoms with Gasteiger partial charge in [0.25, 0.3) is 0 Å². The van der Waals surface area contributed by atoms with E-state index in [4.69, 9.17) is 0 Å². The van der Waals surface area contributed by atoms with E-state index in [1.54, 1.807) is 0 Å². The molecule has 0 amide bonds. The van der Waals surface area contributed by atoms with Gasteiger partial charge in [0.2, 0.25) is 0 Å². The van der Waals surface area contributed by atoms with E-state index in [0.29, 0.717) is 6.04 Å². The molecule has 2 rings (SSSR count). The molecule has 18 heavy (non-hydrogen) atoms. The number of nitrogens with zero attached hydrogens (tertiary/aromatic N) is 1. The zero-order valence-electron chi connectivity index (χ0n) is 11.7. The summed E-state index contributed by atoms with van der Waals surface area (Å²) in [6, 6.07) is 9.22. The smallest absolute Gasteiger partial charge is 0.191 e.